The highest BCUT2D eigenvalue weighted by Crippen LogP contribution is 2.30. The number of likely N-dealkylation sites (tertiary alicyclic amines) is 1. The van der Waals surface area contributed by atoms with Gasteiger partial charge in [-0.25, -0.2) is 8.78 Å². The fourth-order valence-electron chi connectivity index (χ4n) is 3.42. The van der Waals surface area contributed by atoms with Crippen LogP contribution < -0.4 is 4.90 Å². The van der Waals surface area contributed by atoms with Gasteiger partial charge in [0.05, 0.1) is 6.54 Å². The average molecular weight is 328 g/mol. The highest BCUT2D eigenvalue weighted by Gasteiger charge is 2.40. The first kappa shape index (κ1) is 15.1. The average Bonchev–Trinajstić information content (AvgIpc) is 3.17. The molecule has 2 aliphatic rings. The Morgan fingerprint density at radius 1 is 0.958 bits per heavy atom. The summed E-state index contributed by atoms with van der Waals surface area (Å²) in [5, 5.41) is 0. The van der Waals surface area contributed by atoms with Gasteiger partial charge >= 0.3 is 0 Å². The van der Waals surface area contributed by atoms with E-state index in [2.05, 4.69) is 17.0 Å². The predicted molar refractivity (Wildman–Crippen MR) is 88.2 cm³/mol. The second kappa shape index (κ2) is 5.58. The quantitative estimate of drug-likeness (QED) is 0.839. The number of halogens is 2. The number of carbonyl (C=O) groups is 1. The Morgan fingerprint density at radius 2 is 1.58 bits per heavy atom. The van der Waals surface area contributed by atoms with Crippen LogP contribution in [0.5, 0.6) is 0 Å². The van der Waals surface area contributed by atoms with Crippen LogP contribution >= 0.6 is 0 Å². The largest absolute Gasteiger partial charge is 0.363 e. The zero-order valence-corrected chi connectivity index (χ0v) is 13.2. The van der Waals surface area contributed by atoms with Gasteiger partial charge in [0.25, 0.3) is 11.8 Å². The molecule has 0 aromatic heterocycles. The highest BCUT2D eigenvalue weighted by atomic mass is 19.3. The number of fused-ring (bicyclic) bond motifs is 1. The first-order valence-corrected chi connectivity index (χ1v) is 8.11. The third kappa shape index (κ3) is 2.75. The molecule has 0 bridgehead atoms. The van der Waals surface area contributed by atoms with E-state index in [1.807, 2.05) is 24.3 Å². The zero-order chi connectivity index (χ0) is 16.7. The van der Waals surface area contributed by atoms with E-state index in [4.69, 9.17) is 0 Å². The molecule has 0 atom stereocenters. The molecule has 1 amide bonds. The van der Waals surface area contributed by atoms with Gasteiger partial charge in [0, 0.05) is 37.3 Å². The van der Waals surface area contributed by atoms with Crippen molar-refractivity contribution in [2.24, 2.45) is 0 Å². The lowest BCUT2D eigenvalue weighted by molar-refractivity contribution is 0.0120. The van der Waals surface area contributed by atoms with Crippen molar-refractivity contribution in [3.8, 4) is 0 Å². The van der Waals surface area contributed by atoms with Crippen LogP contribution in [0.1, 0.15) is 27.9 Å². The number of carbonyl (C=O) groups excluding carboxylic acids is 1. The van der Waals surface area contributed by atoms with Gasteiger partial charge in [-0.3, -0.25) is 4.79 Å². The van der Waals surface area contributed by atoms with E-state index >= 15 is 0 Å². The normalized spacial score (nSPS) is 18.8. The Hall–Kier alpha value is -2.43. The summed E-state index contributed by atoms with van der Waals surface area (Å²) < 4.78 is 26.5. The van der Waals surface area contributed by atoms with Gasteiger partial charge in [0.1, 0.15) is 0 Å². The summed E-state index contributed by atoms with van der Waals surface area (Å²) in [6.45, 7) is 1.34. The molecule has 0 saturated carbocycles. The van der Waals surface area contributed by atoms with Crippen LogP contribution in [0, 0.1) is 0 Å². The Balaban J connectivity index is 1.47. The summed E-state index contributed by atoms with van der Waals surface area (Å²) in [7, 11) is 0. The minimum Gasteiger partial charge on any atom is -0.363 e. The van der Waals surface area contributed by atoms with Gasteiger partial charge in [-0.15, -0.1) is 0 Å². The Kier molecular flexibility index (Phi) is 3.52. The molecule has 2 aromatic carbocycles. The smallest absolute Gasteiger partial charge is 0.267 e. The summed E-state index contributed by atoms with van der Waals surface area (Å²) in [4.78, 5) is 15.8. The lowest BCUT2D eigenvalue weighted by Gasteiger charge is -2.19. The molecule has 3 nitrogen and oxygen atoms in total. The summed E-state index contributed by atoms with van der Waals surface area (Å²) in [5.41, 5.74) is 4.14. The minimum absolute atomic E-state index is 0.120. The highest BCUT2D eigenvalue weighted by molar-refractivity contribution is 5.94. The molecule has 0 N–H and O–H groups in total. The number of anilines is 1. The molecule has 4 rings (SSSR count). The van der Waals surface area contributed by atoms with Gasteiger partial charge in [-0.1, -0.05) is 24.3 Å². The van der Waals surface area contributed by atoms with E-state index < -0.39 is 12.5 Å². The molecule has 0 unspecified atom stereocenters. The molecule has 5 heteroatoms. The molecule has 2 heterocycles. The second-order valence-electron chi connectivity index (χ2n) is 6.50. The van der Waals surface area contributed by atoms with Crippen molar-refractivity contribution in [3.05, 3.63) is 65.2 Å². The standard InChI is InChI=1S/C19H18F2N2O/c20-19(21)9-10-22(13-19)18(24)14-5-7-17(8-6-14)23-11-15-3-1-2-4-16(15)12-23/h1-8H,9-13H2. The fraction of sp³-hybridized carbons (Fsp3) is 0.316. The minimum atomic E-state index is -2.75. The number of benzene rings is 2. The molecule has 0 aliphatic carbocycles. The lowest BCUT2D eigenvalue weighted by atomic mass is 10.1. The second-order valence-corrected chi connectivity index (χ2v) is 6.50. The monoisotopic (exact) mass is 328 g/mol. The number of nitrogens with zero attached hydrogens (tertiary/aromatic N) is 2. The SMILES string of the molecule is O=C(c1ccc(N2Cc3ccccc3C2)cc1)N1CCC(F)(F)C1. The van der Waals surface area contributed by atoms with Crippen molar-refractivity contribution in [3.63, 3.8) is 0 Å². The van der Waals surface area contributed by atoms with Gasteiger partial charge in [0.2, 0.25) is 0 Å². The Morgan fingerprint density at radius 3 is 2.12 bits per heavy atom. The molecule has 1 fully saturated rings. The van der Waals surface area contributed by atoms with E-state index in [9.17, 15) is 13.6 Å². The van der Waals surface area contributed by atoms with Crippen molar-refractivity contribution in [1.82, 2.24) is 4.90 Å². The van der Waals surface area contributed by atoms with Crippen molar-refractivity contribution in [2.45, 2.75) is 25.4 Å². The topological polar surface area (TPSA) is 23.6 Å². The van der Waals surface area contributed by atoms with Gasteiger partial charge in [-0.2, -0.15) is 0 Å². The Bertz CT molecular complexity index is 748. The lowest BCUT2D eigenvalue weighted by Crippen LogP contribution is -2.31. The number of rotatable bonds is 2. The van der Waals surface area contributed by atoms with Gasteiger partial charge < -0.3 is 9.80 Å². The molecular weight excluding hydrogens is 310 g/mol. The number of alkyl halides is 2. The number of hydrogen-bond acceptors (Lipinski definition) is 2. The van der Waals surface area contributed by atoms with Crippen LogP contribution in [0.2, 0.25) is 0 Å². The van der Waals surface area contributed by atoms with Crippen LogP contribution in [0.3, 0.4) is 0 Å². The number of hydrogen-bond donors (Lipinski definition) is 0. The fourth-order valence-corrected chi connectivity index (χ4v) is 3.42. The molecular formula is C19H18F2N2O. The maximum atomic E-state index is 13.3. The van der Waals surface area contributed by atoms with Crippen LogP contribution in [0.25, 0.3) is 0 Å². The van der Waals surface area contributed by atoms with Gasteiger partial charge in [-0.05, 0) is 35.4 Å². The summed E-state index contributed by atoms with van der Waals surface area (Å²) >= 11 is 0. The first-order chi connectivity index (χ1) is 11.5. The molecule has 1 saturated heterocycles. The van der Waals surface area contributed by atoms with E-state index in [0.717, 1.165) is 18.8 Å². The van der Waals surface area contributed by atoms with E-state index in [-0.39, 0.29) is 18.9 Å². The maximum absolute atomic E-state index is 13.3. The van der Waals surface area contributed by atoms with Crippen LogP contribution in [-0.4, -0.2) is 29.8 Å². The molecule has 2 aromatic rings. The molecule has 0 spiro atoms. The third-order valence-electron chi connectivity index (χ3n) is 4.78. The molecule has 124 valence electrons. The zero-order valence-electron chi connectivity index (χ0n) is 13.2. The van der Waals surface area contributed by atoms with E-state index in [1.54, 1.807) is 12.1 Å². The Labute approximate surface area is 139 Å². The third-order valence-corrected chi connectivity index (χ3v) is 4.78. The first-order valence-electron chi connectivity index (χ1n) is 8.11. The summed E-state index contributed by atoms with van der Waals surface area (Å²) in [5.74, 6) is -3.07. The number of amides is 1. The summed E-state index contributed by atoms with van der Waals surface area (Å²) in [6.07, 6.45) is -0.247. The molecule has 2 aliphatic heterocycles. The van der Waals surface area contributed by atoms with E-state index in [1.165, 1.54) is 16.0 Å². The van der Waals surface area contributed by atoms with Crippen molar-refractivity contribution in [2.75, 3.05) is 18.0 Å². The van der Waals surface area contributed by atoms with Gasteiger partial charge in [0.15, 0.2) is 0 Å². The predicted octanol–water partition coefficient (Wildman–Crippen LogP) is 3.69. The van der Waals surface area contributed by atoms with Crippen LogP contribution in [-0.2, 0) is 13.1 Å². The molecule has 0 radical (unpaired) electrons. The van der Waals surface area contributed by atoms with Crippen LogP contribution in [0.4, 0.5) is 14.5 Å². The maximum Gasteiger partial charge on any atom is 0.267 e. The van der Waals surface area contributed by atoms with Crippen molar-refractivity contribution >= 4 is 11.6 Å². The van der Waals surface area contributed by atoms with Crippen molar-refractivity contribution in [1.29, 1.82) is 0 Å². The van der Waals surface area contributed by atoms with Crippen molar-refractivity contribution < 1.29 is 13.6 Å². The van der Waals surface area contributed by atoms with Crippen LogP contribution in [0.15, 0.2) is 48.5 Å². The summed E-state index contributed by atoms with van der Waals surface area (Å²) in [6, 6.07) is 15.6. The molecule has 24 heavy (non-hydrogen) atoms. The van der Waals surface area contributed by atoms with E-state index in [0.29, 0.717) is 5.56 Å².